The molecule has 0 fully saturated rings. The summed E-state index contributed by atoms with van der Waals surface area (Å²) in [6.45, 7) is 0. The lowest BCUT2D eigenvalue weighted by atomic mass is 10.2. The van der Waals surface area contributed by atoms with Crippen LogP contribution in [0.2, 0.25) is 0 Å². The highest BCUT2D eigenvalue weighted by atomic mass is 16.2. The minimum Gasteiger partial charge on any atom is -0.267 e. The zero-order chi connectivity index (χ0) is 14.5. The van der Waals surface area contributed by atoms with Crippen LogP contribution < -0.4 is 5.43 Å². The molecule has 0 atom stereocenters. The van der Waals surface area contributed by atoms with Gasteiger partial charge in [0.05, 0.1) is 17.2 Å². The fourth-order valence-corrected chi connectivity index (χ4v) is 1.85. The molecule has 1 N–H and O–H groups in total. The van der Waals surface area contributed by atoms with Crippen LogP contribution in [-0.2, 0) is 0 Å². The molecule has 1 aromatic carbocycles. The van der Waals surface area contributed by atoms with Crippen molar-refractivity contribution in [2.45, 2.75) is 0 Å². The second-order valence-corrected chi connectivity index (χ2v) is 4.21. The Bertz CT molecular complexity index is 796. The number of carbonyl (C=O) groups is 1. The van der Waals surface area contributed by atoms with Crippen LogP contribution >= 0.6 is 0 Å². The average Bonchev–Trinajstić information content (AvgIpc) is 2.56. The van der Waals surface area contributed by atoms with Crippen LogP contribution in [0, 0.1) is 0 Å². The summed E-state index contributed by atoms with van der Waals surface area (Å²) in [5.74, 6) is -0.292. The van der Waals surface area contributed by atoms with Crippen molar-refractivity contribution >= 4 is 23.2 Å². The lowest BCUT2D eigenvalue weighted by molar-refractivity contribution is 0.0955. The molecule has 0 saturated heterocycles. The molecule has 0 bridgehead atoms. The molecule has 6 nitrogen and oxygen atoms in total. The Morgan fingerprint density at radius 3 is 2.71 bits per heavy atom. The first-order chi connectivity index (χ1) is 10.3. The van der Waals surface area contributed by atoms with Crippen LogP contribution in [0.3, 0.4) is 0 Å². The summed E-state index contributed by atoms with van der Waals surface area (Å²) < 4.78 is 0. The fraction of sp³-hybridized carbons (Fsp3) is 0. The van der Waals surface area contributed by atoms with Crippen molar-refractivity contribution in [1.29, 1.82) is 0 Å². The summed E-state index contributed by atoms with van der Waals surface area (Å²) in [7, 11) is 0. The Hall–Kier alpha value is -3.15. The number of fused-ring (bicyclic) bond motifs is 1. The van der Waals surface area contributed by atoms with Gasteiger partial charge >= 0.3 is 0 Å². The molecule has 21 heavy (non-hydrogen) atoms. The Morgan fingerprint density at radius 2 is 1.86 bits per heavy atom. The van der Waals surface area contributed by atoms with E-state index in [1.165, 1.54) is 0 Å². The van der Waals surface area contributed by atoms with Gasteiger partial charge in [-0.05, 0) is 18.2 Å². The van der Waals surface area contributed by atoms with Gasteiger partial charge in [-0.2, -0.15) is 5.10 Å². The first kappa shape index (κ1) is 12.9. The van der Waals surface area contributed by atoms with E-state index in [9.17, 15) is 4.79 Å². The standard InChI is InChI=1S/C15H11N5O/c21-15(11-4-6-16-7-5-11)20-19-10-12-2-1-3-13-14(12)18-9-8-17-13/h1-10H,(H,20,21). The van der Waals surface area contributed by atoms with Gasteiger partial charge in [0.1, 0.15) is 0 Å². The van der Waals surface area contributed by atoms with Gasteiger partial charge in [0.15, 0.2) is 0 Å². The molecule has 0 aliphatic heterocycles. The smallest absolute Gasteiger partial charge is 0.267 e. The number of carbonyl (C=O) groups excluding carboxylic acids is 1. The molecular formula is C15H11N5O. The highest BCUT2D eigenvalue weighted by Crippen LogP contribution is 2.11. The van der Waals surface area contributed by atoms with E-state index in [2.05, 4.69) is 25.5 Å². The third-order valence-electron chi connectivity index (χ3n) is 2.84. The van der Waals surface area contributed by atoms with Crippen LogP contribution in [0.4, 0.5) is 0 Å². The normalized spacial score (nSPS) is 10.9. The molecule has 3 aromatic rings. The van der Waals surface area contributed by atoms with E-state index in [1.54, 1.807) is 43.1 Å². The number of aromatic nitrogens is 3. The van der Waals surface area contributed by atoms with E-state index >= 15 is 0 Å². The number of rotatable bonds is 3. The summed E-state index contributed by atoms with van der Waals surface area (Å²) in [4.78, 5) is 24.2. The van der Waals surface area contributed by atoms with Crippen LogP contribution in [0.15, 0.2) is 60.2 Å². The first-order valence-corrected chi connectivity index (χ1v) is 6.28. The van der Waals surface area contributed by atoms with E-state index < -0.39 is 0 Å². The van der Waals surface area contributed by atoms with Crippen molar-refractivity contribution in [1.82, 2.24) is 20.4 Å². The number of pyridine rings is 1. The molecule has 0 radical (unpaired) electrons. The molecule has 102 valence electrons. The van der Waals surface area contributed by atoms with E-state index in [4.69, 9.17) is 0 Å². The van der Waals surface area contributed by atoms with Gasteiger partial charge in [-0.3, -0.25) is 19.7 Å². The predicted octanol–water partition coefficient (Wildman–Crippen LogP) is 1.79. The summed E-state index contributed by atoms with van der Waals surface area (Å²) in [6, 6.07) is 8.83. The number of hydrogen-bond donors (Lipinski definition) is 1. The van der Waals surface area contributed by atoms with Gasteiger partial charge in [0.2, 0.25) is 0 Å². The number of hydrogen-bond acceptors (Lipinski definition) is 5. The Morgan fingerprint density at radius 1 is 1.05 bits per heavy atom. The Kier molecular flexibility index (Phi) is 3.60. The number of amides is 1. The highest BCUT2D eigenvalue weighted by Gasteiger charge is 2.03. The lowest BCUT2D eigenvalue weighted by Crippen LogP contribution is -2.17. The maximum Gasteiger partial charge on any atom is 0.271 e. The average molecular weight is 277 g/mol. The van der Waals surface area contributed by atoms with E-state index in [0.29, 0.717) is 5.56 Å². The number of para-hydroxylation sites is 1. The van der Waals surface area contributed by atoms with Gasteiger partial charge in [0.25, 0.3) is 5.91 Å². The second-order valence-electron chi connectivity index (χ2n) is 4.21. The quantitative estimate of drug-likeness (QED) is 0.584. The van der Waals surface area contributed by atoms with Crippen molar-refractivity contribution in [3.8, 4) is 0 Å². The summed E-state index contributed by atoms with van der Waals surface area (Å²) in [5, 5.41) is 3.96. The molecule has 3 rings (SSSR count). The highest BCUT2D eigenvalue weighted by molar-refractivity contribution is 5.98. The minimum absolute atomic E-state index is 0.292. The largest absolute Gasteiger partial charge is 0.271 e. The summed E-state index contributed by atoms with van der Waals surface area (Å²) >= 11 is 0. The molecule has 0 spiro atoms. The number of nitrogens with zero attached hydrogens (tertiary/aromatic N) is 4. The van der Waals surface area contributed by atoms with Gasteiger partial charge in [-0.25, -0.2) is 5.43 Å². The molecule has 6 heteroatoms. The number of benzene rings is 1. The second kappa shape index (κ2) is 5.87. The van der Waals surface area contributed by atoms with Gasteiger partial charge in [-0.1, -0.05) is 12.1 Å². The van der Waals surface area contributed by atoms with Crippen molar-refractivity contribution in [3.05, 3.63) is 66.2 Å². The van der Waals surface area contributed by atoms with Crippen molar-refractivity contribution in [3.63, 3.8) is 0 Å². The van der Waals surface area contributed by atoms with Crippen molar-refractivity contribution in [2.24, 2.45) is 5.10 Å². The van der Waals surface area contributed by atoms with E-state index in [1.807, 2.05) is 18.2 Å². The molecule has 1 amide bonds. The molecule has 0 unspecified atom stereocenters. The zero-order valence-electron chi connectivity index (χ0n) is 11.0. The maximum atomic E-state index is 11.8. The van der Waals surface area contributed by atoms with E-state index in [0.717, 1.165) is 16.6 Å². The number of nitrogens with one attached hydrogen (secondary N) is 1. The Labute approximate surface area is 120 Å². The lowest BCUT2D eigenvalue weighted by Gasteiger charge is -2.00. The number of hydrazone groups is 1. The predicted molar refractivity (Wildman–Crippen MR) is 78.8 cm³/mol. The van der Waals surface area contributed by atoms with Gasteiger partial charge in [0, 0.05) is 35.9 Å². The molecule has 2 heterocycles. The SMILES string of the molecule is O=C(NN=Cc1cccc2nccnc12)c1ccncc1. The van der Waals surface area contributed by atoms with Crippen molar-refractivity contribution < 1.29 is 4.79 Å². The van der Waals surface area contributed by atoms with Crippen LogP contribution in [-0.4, -0.2) is 27.1 Å². The van der Waals surface area contributed by atoms with Gasteiger partial charge in [-0.15, -0.1) is 0 Å². The maximum absolute atomic E-state index is 11.8. The third-order valence-corrected chi connectivity index (χ3v) is 2.84. The molecule has 2 aromatic heterocycles. The minimum atomic E-state index is -0.292. The van der Waals surface area contributed by atoms with Crippen LogP contribution in [0.5, 0.6) is 0 Å². The Balaban J connectivity index is 1.78. The third kappa shape index (κ3) is 2.89. The molecule has 0 saturated carbocycles. The monoisotopic (exact) mass is 277 g/mol. The topological polar surface area (TPSA) is 80.1 Å². The zero-order valence-corrected chi connectivity index (χ0v) is 11.0. The molecular weight excluding hydrogens is 266 g/mol. The molecule has 0 aliphatic carbocycles. The summed E-state index contributed by atoms with van der Waals surface area (Å²) in [6.07, 6.45) is 7.91. The van der Waals surface area contributed by atoms with Gasteiger partial charge < -0.3 is 0 Å². The first-order valence-electron chi connectivity index (χ1n) is 6.28. The van der Waals surface area contributed by atoms with Crippen molar-refractivity contribution in [2.75, 3.05) is 0 Å². The van der Waals surface area contributed by atoms with Crippen LogP contribution in [0.1, 0.15) is 15.9 Å². The summed E-state index contributed by atoms with van der Waals surface area (Å²) in [5.41, 5.74) is 5.27. The molecule has 0 aliphatic rings. The van der Waals surface area contributed by atoms with E-state index in [-0.39, 0.29) is 5.91 Å². The van der Waals surface area contributed by atoms with Crippen LogP contribution in [0.25, 0.3) is 11.0 Å². The fourth-order valence-electron chi connectivity index (χ4n) is 1.85.